The number of Topliss-reactive ketones (excluding diaryl/α,β-unsaturated/α-hetero) is 1. The fourth-order valence-corrected chi connectivity index (χ4v) is 4.01. The van der Waals surface area contributed by atoms with Crippen molar-refractivity contribution in [3.8, 4) is 11.6 Å². The van der Waals surface area contributed by atoms with E-state index in [1.807, 2.05) is 0 Å². The molecule has 0 bridgehead atoms. The van der Waals surface area contributed by atoms with Crippen molar-refractivity contribution in [3.05, 3.63) is 102 Å². The number of anilines is 3. The van der Waals surface area contributed by atoms with E-state index in [2.05, 4.69) is 20.6 Å². The molecule has 4 aromatic rings. The summed E-state index contributed by atoms with van der Waals surface area (Å²) in [5.74, 6) is -2.84. The van der Waals surface area contributed by atoms with Crippen LogP contribution in [0.4, 0.5) is 26.1 Å². The third-order valence-corrected chi connectivity index (χ3v) is 6.30. The zero-order valence-corrected chi connectivity index (χ0v) is 21.1. The van der Waals surface area contributed by atoms with Crippen molar-refractivity contribution in [2.24, 2.45) is 5.41 Å². The molecular weight excluding hydrogens is 522 g/mol. The highest BCUT2D eigenvalue weighted by Gasteiger charge is 2.56. The summed E-state index contributed by atoms with van der Waals surface area (Å²) in [6.45, 7) is 0. The van der Waals surface area contributed by atoms with Crippen LogP contribution in [0.25, 0.3) is 0 Å². The lowest BCUT2D eigenvalue weighted by molar-refractivity contribution is -0.119. The van der Waals surface area contributed by atoms with Gasteiger partial charge < -0.3 is 20.1 Å². The first-order chi connectivity index (χ1) is 19.3. The largest absolute Gasteiger partial charge is 0.465 e. The number of amides is 1. The number of nitrogens with one attached hydrogen (secondary N) is 2. The maximum atomic E-state index is 15.0. The molecule has 1 amide bonds. The highest BCUT2D eigenvalue weighted by atomic mass is 19.1. The lowest BCUT2D eigenvalue weighted by atomic mass is 9.93. The van der Waals surface area contributed by atoms with Gasteiger partial charge >= 0.3 is 5.97 Å². The molecule has 11 heteroatoms. The molecule has 0 aliphatic heterocycles. The molecule has 9 nitrogen and oxygen atoms in total. The topological polar surface area (TPSA) is 120 Å². The Balaban J connectivity index is 1.27. The quantitative estimate of drug-likeness (QED) is 0.157. The van der Waals surface area contributed by atoms with Crippen molar-refractivity contribution < 1.29 is 32.6 Å². The molecule has 1 saturated carbocycles. The Kier molecular flexibility index (Phi) is 7.19. The molecule has 1 aliphatic carbocycles. The summed E-state index contributed by atoms with van der Waals surface area (Å²) in [4.78, 5) is 46.1. The van der Waals surface area contributed by atoms with E-state index in [1.165, 1.54) is 55.8 Å². The van der Waals surface area contributed by atoms with Crippen LogP contribution in [0.5, 0.6) is 11.6 Å². The Morgan fingerprint density at radius 2 is 1.68 bits per heavy atom. The Hall–Kier alpha value is -5.19. The fourth-order valence-electron chi connectivity index (χ4n) is 4.01. The van der Waals surface area contributed by atoms with Gasteiger partial charge in [-0.2, -0.15) is 4.98 Å². The van der Waals surface area contributed by atoms with Crippen LogP contribution in [0.3, 0.4) is 0 Å². The van der Waals surface area contributed by atoms with Crippen LogP contribution in [0.15, 0.2) is 79.0 Å². The van der Waals surface area contributed by atoms with Gasteiger partial charge in [-0.25, -0.2) is 18.6 Å². The van der Waals surface area contributed by atoms with Crippen LogP contribution in [-0.2, 0) is 9.53 Å². The molecule has 1 fully saturated rings. The summed E-state index contributed by atoms with van der Waals surface area (Å²) >= 11 is 0. The van der Waals surface area contributed by atoms with Gasteiger partial charge in [-0.3, -0.25) is 9.59 Å². The van der Waals surface area contributed by atoms with Crippen LogP contribution in [0.1, 0.15) is 33.6 Å². The monoisotopic (exact) mass is 544 g/mol. The highest BCUT2D eigenvalue weighted by molar-refractivity contribution is 6.19. The third-order valence-electron chi connectivity index (χ3n) is 6.30. The summed E-state index contributed by atoms with van der Waals surface area (Å²) in [5, 5.41) is 5.56. The SMILES string of the molecule is COC(=O)c1cccc(Nc2nccc(Oc3ccc(C(=O)C4(C(=O)Nc5ccc(F)cc5)CC4)cc3F)n2)c1. The molecule has 0 saturated heterocycles. The predicted molar refractivity (Wildman–Crippen MR) is 141 cm³/mol. The Morgan fingerprint density at radius 3 is 2.38 bits per heavy atom. The first kappa shape index (κ1) is 26.4. The number of halogens is 2. The number of aromatic nitrogens is 2. The molecule has 40 heavy (non-hydrogen) atoms. The maximum absolute atomic E-state index is 15.0. The Bertz CT molecular complexity index is 1610. The minimum atomic E-state index is -1.30. The molecule has 0 radical (unpaired) electrons. The number of benzene rings is 3. The predicted octanol–water partition coefficient (Wildman–Crippen LogP) is 5.68. The van der Waals surface area contributed by atoms with Crippen molar-refractivity contribution in [1.29, 1.82) is 0 Å². The number of hydrogen-bond acceptors (Lipinski definition) is 8. The summed E-state index contributed by atoms with van der Waals surface area (Å²) in [6, 6.07) is 16.8. The Labute approximate surface area is 227 Å². The van der Waals surface area contributed by atoms with E-state index in [-0.39, 0.29) is 23.1 Å². The van der Waals surface area contributed by atoms with Crippen LogP contribution in [0, 0.1) is 17.0 Å². The van der Waals surface area contributed by atoms with Gasteiger partial charge in [-0.1, -0.05) is 6.07 Å². The standard InChI is InChI=1S/C29H22F2N4O5/c1-39-26(37)18-3-2-4-21(15-18)34-28-32-14-11-24(35-28)40-23-10-5-17(16-22(23)31)25(36)29(12-13-29)27(38)33-20-8-6-19(30)7-9-20/h2-11,14-16H,12-13H2,1H3,(H,33,38)(H,32,34,35). The molecule has 5 rings (SSSR count). The van der Waals surface area contributed by atoms with E-state index >= 15 is 0 Å². The first-order valence-corrected chi connectivity index (χ1v) is 12.1. The van der Waals surface area contributed by atoms with E-state index in [4.69, 9.17) is 9.47 Å². The van der Waals surface area contributed by atoms with Crippen molar-refractivity contribution in [3.63, 3.8) is 0 Å². The van der Waals surface area contributed by atoms with Crippen LogP contribution in [0.2, 0.25) is 0 Å². The third kappa shape index (κ3) is 5.63. The lowest BCUT2D eigenvalue weighted by Gasteiger charge is -2.15. The van der Waals surface area contributed by atoms with Gasteiger partial charge in [0.1, 0.15) is 11.2 Å². The first-order valence-electron chi connectivity index (χ1n) is 12.1. The lowest BCUT2D eigenvalue weighted by Crippen LogP contribution is -2.31. The second kappa shape index (κ2) is 10.9. The average Bonchev–Trinajstić information content (AvgIpc) is 3.77. The van der Waals surface area contributed by atoms with Crippen LogP contribution in [-0.4, -0.2) is 34.7 Å². The molecule has 0 spiro atoms. The molecule has 0 unspecified atom stereocenters. The highest BCUT2D eigenvalue weighted by Crippen LogP contribution is 2.49. The van der Waals surface area contributed by atoms with Gasteiger partial charge in [0.25, 0.3) is 0 Å². The zero-order chi connectivity index (χ0) is 28.3. The van der Waals surface area contributed by atoms with Crippen molar-refractivity contribution >= 4 is 35.0 Å². The molecule has 1 heterocycles. The van der Waals surface area contributed by atoms with Gasteiger partial charge in [0.05, 0.1) is 12.7 Å². The second-order valence-corrected chi connectivity index (χ2v) is 9.04. The van der Waals surface area contributed by atoms with Crippen molar-refractivity contribution in [1.82, 2.24) is 9.97 Å². The van der Waals surface area contributed by atoms with Crippen molar-refractivity contribution in [2.45, 2.75) is 12.8 Å². The number of ketones is 1. The second-order valence-electron chi connectivity index (χ2n) is 9.04. The number of ether oxygens (including phenoxy) is 2. The number of esters is 1. The average molecular weight is 545 g/mol. The molecule has 2 N–H and O–H groups in total. The number of carbonyl (C=O) groups is 3. The molecule has 1 aliphatic rings. The van der Waals surface area contributed by atoms with E-state index in [9.17, 15) is 23.2 Å². The number of nitrogens with zero attached hydrogens (tertiary/aromatic N) is 2. The summed E-state index contributed by atoms with van der Waals surface area (Å²) < 4.78 is 38.4. The van der Waals surface area contributed by atoms with Gasteiger partial charge in [-0.15, -0.1) is 0 Å². The minimum absolute atomic E-state index is 0.0205. The van der Waals surface area contributed by atoms with E-state index in [1.54, 1.807) is 24.3 Å². The summed E-state index contributed by atoms with van der Waals surface area (Å²) in [7, 11) is 1.28. The van der Waals surface area contributed by atoms with Crippen LogP contribution >= 0.6 is 0 Å². The van der Waals surface area contributed by atoms with Gasteiger partial charge in [0.2, 0.25) is 17.7 Å². The van der Waals surface area contributed by atoms with E-state index in [0.717, 1.165) is 6.07 Å². The molecule has 3 aromatic carbocycles. The minimum Gasteiger partial charge on any atom is -0.465 e. The van der Waals surface area contributed by atoms with E-state index in [0.29, 0.717) is 29.8 Å². The molecule has 1 aromatic heterocycles. The smallest absolute Gasteiger partial charge is 0.337 e. The summed E-state index contributed by atoms with van der Waals surface area (Å²) in [6.07, 6.45) is 2.04. The number of carbonyl (C=O) groups excluding carboxylic acids is 3. The molecule has 202 valence electrons. The zero-order valence-electron chi connectivity index (χ0n) is 21.1. The Morgan fingerprint density at radius 1 is 0.900 bits per heavy atom. The fraction of sp³-hybridized carbons (Fsp3) is 0.138. The molecule has 0 atom stereocenters. The molecular formula is C29H22F2N4O5. The van der Waals surface area contributed by atoms with E-state index < -0.39 is 34.7 Å². The van der Waals surface area contributed by atoms with Gasteiger partial charge in [0.15, 0.2) is 17.3 Å². The number of rotatable bonds is 9. The van der Waals surface area contributed by atoms with Gasteiger partial charge in [0, 0.05) is 29.2 Å². The van der Waals surface area contributed by atoms with Crippen LogP contribution < -0.4 is 15.4 Å². The van der Waals surface area contributed by atoms with Crippen molar-refractivity contribution in [2.75, 3.05) is 17.7 Å². The normalized spacial score (nSPS) is 13.2. The summed E-state index contributed by atoms with van der Waals surface area (Å²) in [5.41, 5.74) is -0.0757. The maximum Gasteiger partial charge on any atom is 0.337 e. The number of hydrogen-bond donors (Lipinski definition) is 2. The van der Waals surface area contributed by atoms with Gasteiger partial charge in [-0.05, 0) is 73.5 Å². The number of methoxy groups -OCH3 is 1.